The monoisotopic (exact) mass is 320 g/mol. The van der Waals surface area contributed by atoms with Gasteiger partial charge in [0.2, 0.25) is 0 Å². The minimum absolute atomic E-state index is 0.237. The molecule has 1 aromatic carbocycles. The molecule has 2 saturated heterocycles. The Morgan fingerprint density at radius 2 is 2.13 bits per heavy atom. The molecule has 128 valence electrons. The molecule has 23 heavy (non-hydrogen) atoms. The van der Waals surface area contributed by atoms with Gasteiger partial charge in [-0.3, -0.25) is 10.2 Å². The summed E-state index contributed by atoms with van der Waals surface area (Å²) in [5.74, 6) is 0. The Morgan fingerprint density at radius 3 is 2.87 bits per heavy atom. The molecule has 2 aliphatic heterocycles. The van der Waals surface area contributed by atoms with Crippen LogP contribution in [0.3, 0.4) is 0 Å². The molecule has 0 spiro atoms. The lowest BCUT2D eigenvalue weighted by Gasteiger charge is -2.27. The van der Waals surface area contributed by atoms with Crippen LogP contribution in [0.5, 0.6) is 0 Å². The highest BCUT2D eigenvalue weighted by Gasteiger charge is 2.18. The lowest BCUT2D eigenvalue weighted by Crippen LogP contribution is -2.35. The van der Waals surface area contributed by atoms with E-state index in [0.717, 1.165) is 63.4 Å². The summed E-state index contributed by atoms with van der Waals surface area (Å²) in [6.07, 6.45) is 1.80. The Kier molecular flexibility index (Phi) is 6.02. The third kappa shape index (κ3) is 4.75. The second-order valence-corrected chi connectivity index (χ2v) is 6.53. The molecule has 2 heterocycles. The van der Waals surface area contributed by atoms with Gasteiger partial charge in [-0.2, -0.15) is 0 Å². The van der Waals surface area contributed by atoms with Crippen LogP contribution in [-0.2, 0) is 16.0 Å². The molecule has 0 aromatic heterocycles. The lowest BCUT2D eigenvalue weighted by atomic mass is 10.0. The van der Waals surface area contributed by atoms with Crippen molar-refractivity contribution in [1.82, 2.24) is 10.2 Å². The van der Waals surface area contributed by atoms with E-state index in [4.69, 9.17) is 9.47 Å². The summed E-state index contributed by atoms with van der Waals surface area (Å²) in [5, 5.41) is 13.7. The highest BCUT2D eigenvalue weighted by Crippen LogP contribution is 2.20. The van der Waals surface area contributed by atoms with Crippen LogP contribution in [-0.4, -0.2) is 55.6 Å². The number of morpholine rings is 1. The molecule has 0 bridgehead atoms. The summed E-state index contributed by atoms with van der Waals surface area (Å²) in [6.45, 7) is 8.07. The molecule has 5 nitrogen and oxygen atoms in total. The van der Waals surface area contributed by atoms with E-state index in [1.54, 1.807) is 0 Å². The number of ether oxygens (including phenoxy) is 2. The van der Waals surface area contributed by atoms with Gasteiger partial charge in [0.1, 0.15) is 6.23 Å². The van der Waals surface area contributed by atoms with Gasteiger partial charge in [0.15, 0.2) is 0 Å². The number of aliphatic hydroxyl groups is 1. The molecule has 3 rings (SSSR count). The zero-order chi connectivity index (χ0) is 16.1. The third-order valence-corrected chi connectivity index (χ3v) is 4.71. The number of aliphatic hydroxyl groups excluding tert-OH is 1. The van der Waals surface area contributed by atoms with E-state index in [-0.39, 0.29) is 6.10 Å². The zero-order valence-corrected chi connectivity index (χ0v) is 14.0. The number of nitrogens with zero attached hydrogens (tertiary/aromatic N) is 1. The predicted molar refractivity (Wildman–Crippen MR) is 89.2 cm³/mol. The van der Waals surface area contributed by atoms with E-state index in [2.05, 4.69) is 28.4 Å². The fourth-order valence-corrected chi connectivity index (χ4v) is 3.26. The normalized spacial score (nSPS) is 24.0. The highest BCUT2D eigenvalue weighted by atomic mass is 16.5. The van der Waals surface area contributed by atoms with Crippen LogP contribution in [0.4, 0.5) is 0 Å². The second kappa shape index (κ2) is 8.22. The SMILES string of the molecule is Cc1ccc(CN2CCOCC2)cc1C(O)NC[C@@H]1CCCO1. The van der Waals surface area contributed by atoms with E-state index >= 15 is 0 Å². The first-order chi connectivity index (χ1) is 11.2. The van der Waals surface area contributed by atoms with Crippen LogP contribution < -0.4 is 5.32 Å². The average Bonchev–Trinajstić information content (AvgIpc) is 3.09. The first-order valence-corrected chi connectivity index (χ1v) is 8.65. The molecular weight excluding hydrogens is 292 g/mol. The number of hydrogen-bond donors (Lipinski definition) is 2. The summed E-state index contributed by atoms with van der Waals surface area (Å²) in [6, 6.07) is 6.38. The summed E-state index contributed by atoms with van der Waals surface area (Å²) in [4.78, 5) is 2.39. The van der Waals surface area contributed by atoms with Crippen LogP contribution in [0.25, 0.3) is 0 Å². The van der Waals surface area contributed by atoms with Gasteiger partial charge in [0.25, 0.3) is 0 Å². The zero-order valence-electron chi connectivity index (χ0n) is 14.0. The van der Waals surface area contributed by atoms with Gasteiger partial charge in [-0.05, 0) is 36.5 Å². The molecule has 0 amide bonds. The largest absolute Gasteiger partial charge is 0.379 e. The maximum Gasteiger partial charge on any atom is 0.131 e. The first kappa shape index (κ1) is 16.9. The van der Waals surface area contributed by atoms with E-state index in [1.807, 2.05) is 6.92 Å². The topological polar surface area (TPSA) is 54.0 Å². The van der Waals surface area contributed by atoms with Crippen molar-refractivity contribution in [2.75, 3.05) is 39.5 Å². The maximum atomic E-state index is 10.5. The van der Waals surface area contributed by atoms with Crippen molar-refractivity contribution in [3.05, 3.63) is 34.9 Å². The van der Waals surface area contributed by atoms with Crippen molar-refractivity contribution < 1.29 is 14.6 Å². The number of aryl methyl sites for hydroxylation is 1. The van der Waals surface area contributed by atoms with Crippen LogP contribution in [0.1, 0.15) is 35.8 Å². The van der Waals surface area contributed by atoms with E-state index in [0.29, 0.717) is 6.54 Å². The molecule has 0 aliphatic carbocycles. The Morgan fingerprint density at radius 1 is 1.30 bits per heavy atom. The molecule has 2 N–H and O–H groups in total. The Bertz CT molecular complexity index is 497. The van der Waals surface area contributed by atoms with Crippen molar-refractivity contribution >= 4 is 0 Å². The number of rotatable bonds is 6. The summed E-state index contributed by atoms with van der Waals surface area (Å²) >= 11 is 0. The van der Waals surface area contributed by atoms with Gasteiger partial charge in [-0.1, -0.05) is 18.2 Å². The quantitative estimate of drug-likeness (QED) is 0.780. The minimum atomic E-state index is -0.635. The maximum absolute atomic E-state index is 10.5. The van der Waals surface area contributed by atoms with Gasteiger partial charge >= 0.3 is 0 Å². The molecule has 5 heteroatoms. The Labute approximate surface area is 138 Å². The molecule has 0 radical (unpaired) electrons. The standard InChI is InChI=1S/C18H28N2O3/c1-14-4-5-15(13-20-6-9-22-10-7-20)11-17(14)18(21)19-12-16-3-2-8-23-16/h4-5,11,16,18-19,21H,2-3,6-10,12-13H2,1H3/t16-,18?/m0/s1. The Hall–Kier alpha value is -0.980. The van der Waals surface area contributed by atoms with E-state index in [1.165, 1.54) is 5.56 Å². The highest BCUT2D eigenvalue weighted by molar-refractivity contribution is 5.32. The number of hydrogen-bond acceptors (Lipinski definition) is 5. The van der Waals surface area contributed by atoms with Crippen LogP contribution in [0, 0.1) is 6.92 Å². The molecule has 0 saturated carbocycles. The number of nitrogens with one attached hydrogen (secondary N) is 1. The average molecular weight is 320 g/mol. The van der Waals surface area contributed by atoms with Crippen molar-refractivity contribution in [3.8, 4) is 0 Å². The van der Waals surface area contributed by atoms with Crippen LogP contribution >= 0.6 is 0 Å². The molecule has 2 atom stereocenters. The fraction of sp³-hybridized carbons (Fsp3) is 0.667. The minimum Gasteiger partial charge on any atom is -0.379 e. The van der Waals surface area contributed by atoms with E-state index in [9.17, 15) is 5.11 Å². The van der Waals surface area contributed by atoms with Gasteiger partial charge in [-0.15, -0.1) is 0 Å². The van der Waals surface area contributed by atoms with Crippen molar-refractivity contribution in [1.29, 1.82) is 0 Å². The van der Waals surface area contributed by atoms with Gasteiger partial charge in [-0.25, -0.2) is 0 Å². The molecule has 1 aromatic rings. The first-order valence-electron chi connectivity index (χ1n) is 8.65. The third-order valence-electron chi connectivity index (χ3n) is 4.71. The summed E-state index contributed by atoms with van der Waals surface area (Å²) < 4.78 is 11.0. The molecular formula is C18H28N2O3. The van der Waals surface area contributed by atoms with Crippen molar-refractivity contribution in [2.24, 2.45) is 0 Å². The summed E-state index contributed by atoms with van der Waals surface area (Å²) in [7, 11) is 0. The second-order valence-electron chi connectivity index (χ2n) is 6.53. The van der Waals surface area contributed by atoms with Gasteiger partial charge in [0, 0.05) is 32.8 Å². The van der Waals surface area contributed by atoms with Gasteiger partial charge < -0.3 is 14.6 Å². The summed E-state index contributed by atoms with van der Waals surface area (Å²) in [5.41, 5.74) is 3.32. The Balaban J connectivity index is 1.59. The lowest BCUT2D eigenvalue weighted by molar-refractivity contribution is 0.0341. The predicted octanol–water partition coefficient (Wildman–Crippen LogP) is 1.59. The van der Waals surface area contributed by atoms with Crippen molar-refractivity contribution in [3.63, 3.8) is 0 Å². The molecule has 2 fully saturated rings. The van der Waals surface area contributed by atoms with E-state index < -0.39 is 6.23 Å². The van der Waals surface area contributed by atoms with Crippen molar-refractivity contribution in [2.45, 2.75) is 38.6 Å². The number of benzene rings is 1. The molecule has 1 unspecified atom stereocenters. The molecule has 2 aliphatic rings. The van der Waals surface area contributed by atoms with Gasteiger partial charge in [0.05, 0.1) is 19.3 Å². The van der Waals surface area contributed by atoms with Crippen LogP contribution in [0.2, 0.25) is 0 Å². The fourth-order valence-electron chi connectivity index (χ4n) is 3.26. The smallest absolute Gasteiger partial charge is 0.131 e. The van der Waals surface area contributed by atoms with Crippen LogP contribution in [0.15, 0.2) is 18.2 Å².